The third-order valence-corrected chi connectivity index (χ3v) is 1.90. The molecule has 74 valence electrons. The third kappa shape index (κ3) is 1.32. The van der Waals surface area contributed by atoms with Crippen molar-refractivity contribution >= 4 is 0 Å². The molecule has 6 heteroatoms. The summed E-state index contributed by atoms with van der Waals surface area (Å²) in [5.74, 6) is 0.713. The number of hydrogen-bond donors (Lipinski definition) is 1. The maximum atomic E-state index is 5.22. The molecule has 0 aliphatic heterocycles. The lowest BCUT2D eigenvalue weighted by molar-refractivity contribution is 0.510. The number of hydrogen-bond acceptors (Lipinski definition) is 5. The van der Waals surface area contributed by atoms with Crippen molar-refractivity contribution in [2.45, 2.75) is 0 Å². The molecule has 0 aromatic carbocycles. The van der Waals surface area contributed by atoms with Gasteiger partial charge in [0, 0.05) is 6.20 Å². The number of rotatable bonds is 2. The van der Waals surface area contributed by atoms with Gasteiger partial charge >= 0.3 is 0 Å². The minimum absolute atomic E-state index is 0.351. The van der Waals surface area contributed by atoms with Crippen LogP contribution in [0.1, 0.15) is 0 Å². The van der Waals surface area contributed by atoms with Crippen LogP contribution in [0.2, 0.25) is 0 Å². The van der Waals surface area contributed by atoms with Crippen LogP contribution in [-0.4, -0.2) is 20.2 Å². The smallest absolute Gasteiger partial charge is 0.284 e. The van der Waals surface area contributed by atoms with E-state index in [0.717, 1.165) is 5.69 Å². The second kappa shape index (κ2) is 3.09. The van der Waals surface area contributed by atoms with Crippen LogP contribution >= 0.6 is 0 Å². The third-order valence-electron chi connectivity index (χ3n) is 1.90. The van der Waals surface area contributed by atoms with Gasteiger partial charge in [-0.25, -0.2) is 9.97 Å². The molecule has 3 aromatic rings. The van der Waals surface area contributed by atoms with E-state index >= 15 is 0 Å². The van der Waals surface area contributed by atoms with E-state index in [1.165, 1.54) is 18.7 Å². The lowest BCUT2D eigenvalue weighted by Crippen LogP contribution is -1.79. The Morgan fingerprint density at radius 3 is 2.87 bits per heavy atom. The second-order valence-electron chi connectivity index (χ2n) is 2.85. The molecule has 0 aliphatic rings. The van der Waals surface area contributed by atoms with Crippen LogP contribution in [0.15, 0.2) is 39.8 Å². The summed E-state index contributed by atoms with van der Waals surface area (Å²) in [7, 11) is 0. The summed E-state index contributed by atoms with van der Waals surface area (Å²) in [4.78, 5) is 8.13. The Kier molecular flexibility index (Phi) is 1.64. The van der Waals surface area contributed by atoms with E-state index in [4.69, 9.17) is 8.83 Å². The highest BCUT2D eigenvalue weighted by Crippen LogP contribution is 2.21. The monoisotopic (exact) mass is 202 g/mol. The Morgan fingerprint density at radius 1 is 1.13 bits per heavy atom. The quantitative estimate of drug-likeness (QED) is 0.684. The average molecular weight is 202 g/mol. The van der Waals surface area contributed by atoms with Crippen LogP contribution in [0.25, 0.3) is 23.2 Å². The van der Waals surface area contributed by atoms with Gasteiger partial charge in [-0.15, -0.1) is 0 Å². The summed E-state index contributed by atoms with van der Waals surface area (Å²) in [6.45, 7) is 0. The maximum Gasteiger partial charge on any atom is 0.284 e. The number of aromatic nitrogens is 4. The van der Waals surface area contributed by atoms with Crippen molar-refractivity contribution in [1.29, 1.82) is 0 Å². The van der Waals surface area contributed by atoms with Crippen molar-refractivity contribution in [3.8, 4) is 23.2 Å². The van der Waals surface area contributed by atoms with Gasteiger partial charge in [-0.3, -0.25) is 5.10 Å². The van der Waals surface area contributed by atoms with E-state index in [1.54, 1.807) is 12.3 Å². The molecule has 0 bridgehead atoms. The Labute approximate surface area is 84.0 Å². The van der Waals surface area contributed by atoms with Crippen molar-refractivity contribution in [1.82, 2.24) is 20.2 Å². The van der Waals surface area contributed by atoms with Crippen LogP contribution < -0.4 is 0 Å². The molecule has 0 aliphatic carbocycles. The first kappa shape index (κ1) is 7.98. The van der Waals surface area contributed by atoms with Gasteiger partial charge in [0.1, 0.15) is 18.2 Å². The molecule has 0 spiro atoms. The van der Waals surface area contributed by atoms with Crippen LogP contribution in [-0.2, 0) is 0 Å². The predicted molar refractivity (Wildman–Crippen MR) is 49.6 cm³/mol. The molecule has 0 saturated heterocycles. The van der Waals surface area contributed by atoms with Crippen LogP contribution in [0.4, 0.5) is 0 Å². The SMILES string of the molecule is c1cc(-c2coc(-c3ncco3)n2)[nH]n1. The molecule has 0 unspecified atom stereocenters. The lowest BCUT2D eigenvalue weighted by Gasteiger charge is -1.85. The largest absolute Gasteiger partial charge is 0.441 e. The van der Waals surface area contributed by atoms with Crippen LogP contribution in [0.3, 0.4) is 0 Å². The predicted octanol–water partition coefficient (Wildman–Crippen LogP) is 1.72. The minimum Gasteiger partial charge on any atom is -0.441 e. The number of nitrogens with zero attached hydrogens (tertiary/aromatic N) is 3. The Bertz CT molecular complexity index is 490. The zero-order chi connectivity index (χ0) is 10.1. The summed E-state index contributed by atoms with van der Waals surface area (Å²) in [5.41, 5.74) is 1.46. The molecular weight excluding hydrogens is 196 g/mol. The Morgan fingerprint density at radius 2 is 2.13 bits per heavy atom. The van der Waals surface area contributed by atoms with Crippen molar-refractivity contribution in [2.24, 2.45) is 0 Å². The molecule has 0 radical (unpaired) electrons. The highest BCUT2D eigenvalue weighted by atomic mass is 16.4. The Hall–Kier alpha value is -2.37. The van der Waals surface area contributed by atoms with E-state index in [0.29, 0.717) is 17.5 Å². The maximum absolute atomic E-state index is 5.22. The standard InChI is InChI=1S/C9H6N4O2/c1-2-11-13-6(1)7-5-15-9(12-7)8-10-3-4-14-8/h1-5H,(H,11,13). The van der Waals surface area contributed by atoms with Gasteiger partial charge in [0.05, 0.1) is 11.9 Å². The van der Waals surface area contributed by atoms with E-state index in [9.17, 15) is 0 Å². The summed E-state index contributed by atoms with van der Waals surface area (Å²) in [6, 6.07) is 1.80. The van der Waals surface area contributed by atoms with Crippen LogP contribution in [0.5, 0.6) is 0 Å². The molecule has 0 fully saturated rings. The van der Waals surface area contributed by atoms with Gasteiger partial charge in [0.25, 0.3) is 11.8 Å². The van der Waals surface area contributed by atoms with Gasteiger partial charge in [-0.1, -0.05) is 0 Å². The topological polar surface area (TPSA) is 80.7 Å². The van der Waals surface area contributed by atoms with E-state index in [-0.39, 0.29) is 0 Å². The molecule has 3 aromatic heterocycles. The van der Waals surface area contributed by atoms with Gasteiger partial charge in [0.2, 0.25) is 0 Å². The summed E-state index contributed by atoms with van der Waals surface area (Å²) < 4.78 is 10.3. The minimum atomic E-state index is 0.351. The van der Waals surface area contributed by atoms with Gasteiger partial charge < -0.3 is 8.83 Å². The zero-order valence-corrected chi connectivity index (χ0v) is 7.54. The highest BCUT2D eigenvalue weighted by Gasteiger charge is 2.12. The van der Waals surface area contributed by atoms with Crippen LogP contribution in [0, 0.1) is 0 Å². The molecule has 1 N–H and O–H groups in total. The number of oxazole rings is 2. The number of nitrogens with one attached hydrogen (secondary N) is 1. The van der Waals surface area contributed by atoms with E-state index in [1.807, 2.05) is 0 Å². The van der Waals surface area contributed by atoms with Crippen molar-refractivity contribution in [3.05, 3.63) is 31.0 Å². The Balaban J connectivity index is 2.02. The summed E-state index contributed by atoms with van der Waals surface area (Å²) in [6.07, 6.45) is 6.17. The first-order valence-electron chi connectivity index (χ1n) is 4.28. The highest BCUT2D eigenvalue weighted by molar-refractivity contribution is 5.54. The van der Waals surface area contributed by atoms with Gasteiger partial charge in [0.15, 0.2) is 0 Å². The van der Waals surface area contributed by atoms with Gasteiger partial charge in [-0.05, 0) is 6.07 Å². The van der Waals surface area contributed by atoms with E-state index in [2.05, 4.69) is 20.2 Å². The second-order valence-corrected chi connectivity index (χ2v) is 2.85. The zero-order valence-electron chi connectivity index (χ0n) is 7.54. The molecule has 15 heavy (non-hydrogen) atoms. The first-order chi connectivity index (χ1) is 7.43. The molecule has 3 rings (SSSR count). The van der Waals surface area contributed by atoms with Crippen molar-refractivity contribution in [2.75, 3.05) is 0 Å². The summed E-state index contributed by atoms with van der Waals surface area (Å²) in [5, 5.41) is 6.61. The molecule has 6 nitrogen and oxygen atoms in total. The first-order valence-corrected chi connectivity index (χ1v) is 4.28. The number of aromatic amines is 1. The molecular formula is C9H6N4O2. The molecule has 0 amide bonds. The average Bonchev–Trinajstić information content (AvgIpc) is 3.02. The fourth-order valence-electron chi connectivity index (χ4n) is 1.22. The molecule has 0 atom stereocenters. The lowest BCUT2D eigenvalue weighted by atomic mass is 10.3. The van der Waals surface area contributed by atoms with Gasteiger partial charge in [-0.2, -0.15) is 5.10 Å². The van der Waals surface area contributed by atoms with E-state index < -0.39 is 0 Å². The normalized spacial score (nSPS) is 10.7. The van der Waals surface area contributed by atoms with Crippen molar-refractivity contribution < 1.29 is 8.83 Å². The van der Waals surface area contributed by atoms with Crippen molar-refractivity contribution in [3.63, 3.8) is 0 Å². The molecule has 3 heterocycles. The fourth-order valence-corrected chi connectivity index (χ4v) is 1.22. The number of H-pyrrole nitrogens is 1. The fraction of sp³-hybridized carbons (Fsp3) is 0. The summed E-state index contributed by atoms with van der Waals surface area (Å²) >= 11 is 0. The molecule has 0 saturated carbocycles.